The summed E-state index contributed by atoms with van der Waals surface area (Å²) >= 11 is 0. The topological polar surface area (TPSA) is 35.8 Å². The zero-order valence-corrected chi connectivity index (χ0v) is 9.32. The summed E-state index contributed by atoms with van der Waals surface area (Å²) in [5.41, 5.74) is 1.79. The molecule has 0 aromatic heterocycles. The molecule has 82 valence electrons. The lowest BCUT2D eigenvalue weighted by Gasteiger charge is -2.19. The van der Waals surface area contributed by atoms with E-state index >= 15 is 0 Å². The number of nitrogens with one attached hydrogen (secondary N) is 1. The normalized spacial score (nSPS) is 19.5. The van der Waals surface area contributed by atoms with Crippen molar-refractivity contribution in [1.29, 1.82) is 5.26 Å². The minimum absolute atomic E-state index is 0.620. The van der Waals surface area contributed by atoms with Crippen LogP contribution >= 0.6 is 0 Å². The van der Waals surface area contributed by atoms with Crippen molar-refractivity contribution in [3.05, 3.63) is 29.8 Å². The molecule has 0 amide bonds. The van der Waals surface area contributed by atoms with Gasteiger partial charge in [0.2, 0.25) is 0 Å². The molecule has 1 aromatic carbocycles. The predicted molar refractivity (Wildman–Crippen MR) is 64.0 cm³/mol. The maximum absolute atomic E-state index is 9.05. The predicted octanol–water partition coefficient (Wildman–Crippen LogP) is 3.16. The van der Waals surface area contributed by atoms with E-state index < -0.39 is 0 Å². The molecule has 0 bridgehead atoms. The largest absolute Gasteiger partial charge is 0.381 e. The van der Waals surface area contributed by atoms with Crippen LogP contribution in [-0.4, -0.2) is 6.04 Å². The van der Waals surface area contributed by atoms with Gasteiger partial charge in [0.25, 0.3) is 0 Å². The second kappa shape index (κ2) is 3.83. The Bertz CT molecular complexity index is 413. The van der Waals surface area contributed by atoms with E-state index in [9.17, 15) is 0 Å². The Labute approximate surface area is 96.3 Å². The molecule has 0 radical (unpaired) electrons. The van der Waals surface area contributed by atoms with Crippen LogP contribution in [0.4, 0.5) is 5.69 Å². The molecule has 2 heteroatoms. The van der Waals surface area contributed by atoms with Crippen LogP contribution in [0.3, 0.4) is 0 Å². The first kappa shape index (κ1) is 9.72. The zero-order valence-electron chi connectivity index (χ0n) is 9.32. The Morgan fingerprint density at radius 3 is 2.31 bits per heavy atom. The van der Waals surface area contributed by atoms with Crippen LogP contribution in [0.1, 0.15) is 31.2 Å². The molecule has 3 rings (SSSR count). The third-order valence-electron chi connectivity index (χ3n) is 3.63. The molecular weight excluding hydrogens is 196 g/mol. The van der Waals surface area contributed by atoms with Crippen LogP contribution in [0.5, 0.6) is 0 Å². The standard InChI is InChI=1S/C14H16N2/c15-9-12-3-1-2-4-13(12)16-14(10-5-6-10)11-7-8-11/h1-4,10-11,14,16H,5-8H2. The van der Waals surface area contributed by atoms with Gasteiger partial charge < -0.3 is 5.32 Å². The molecule has 0 unspecified atom stereocenters. The van der Waals surface area contributed by atoms with E-state index in [0.29, 0.717) is 6.04 Å². The van der Waals surface area contributed by atoms with Gasteiger partial charge >= 0.3 is 0 Å². The van der Waals surface area contributed by atoms with Gasteiger partial charge in [0.1, 0.15) is 6.07 Å². The van der Waals surface area contributed by atoms with Gasteiger partial charge in [-0.25, -0.2) is 0 Å². The minimum atomic E-state index is 0.620. The average molecular weight is 212 g/mol. The molecule has 0 aliphatic heterocycles. The van der Waals surface area contributed by atoms with Crippen molar-refractivity contribution in [2.45, 2.75) is 31.7 Å². The van der Waals surface area contributed by atoms with Crippen molar-refractivity contribution in [2.24, 2.45) is 11.8 Å². The minimum Gasteiger partial charge on any atom is -0.381 e. The highest BCUT2D eigenvalue weighted by Gasteiger charge is 2.41. The van der Waals surface area contributed by atoms with Crippen LogP contribution in [0.25, 0.3) is 0 Å². The van der Waals surface area contributed by atoms with Crippen molar-refractivity contribution in [3.63, 3.8) is 0 Å². The lowest BCUT2D eigenvalue weighted by atomic mass is 10.1. The van der Waals surface area contributed by atoms with Crippen LogP contribution in [0.2, 0.25) is 0 Å². The second-order valence-electron chi connectivity index (χ2n) is 5.00. The summed E-state index contributed by atoms with van der Waals surface area (Å²) in [5, 5.41) is 12.6. The number of rotatable bonds is 4. The first-order valence-corrected chi connectivity index (χ1v) is 6.14. The van der Waals surface area contributed by atoms with Crippen molar-refractivity contribution < 1.29 is 0 Å². The van der Waals surface area contributed by atoms with Crippen molar-refractivity contribution >= 4 is 5.69 Å². The smallest absolute Gasteiger partial charge is 0.101 e. The van der Waals surface area contributed by atoms with Gasteiger partial charge in [-0.05, 0) is 49.7 Å². The zero-order chi connectivity index (χ0) is 11.0. The van der Waals surface area contributed by atoms with E-state index in [1.807, 2.05) is 24.3 Å². The summed E-state index contributed by atoms with van der Waals surface area (Å²) < 4.78 is 0. The number of nitriles is 1. The van der Waals surface area contributed by atoms with E-state index in [1.165, 1.54) is 25.7 Å². The molecule has 2 fully saturated rings. The fourth-order valence-corrected chi connectivity index (χ4v) is 2.42. The highest BCUT2D eigenvalue weighted by Crippen LogP contribution is 2.46. The Balaban J connectivity index is 1.79. The van der Waals surface area contributed by atoms with E-state index in [2.05, 4.69) is 11.4 Å². The maximum Gasteiger partial charge on any atom is 0.101 e. The average Bonchev–Trinajstić information content (AvgIpc) is 3.18. The van der Waals surface area contributed by atoms with Crippen molar-refractivity contribution in [3.8, 4) is 6.07 Å². The summed E-state index contributed by atoms with van der Waals surface area (Å²) in [5.74, 6) is 1.72. The lowest BCUT2D eigenvalue weighted by molar-refractivity contribution is 0.567. The monoisotopic (exact) mass is 212 g/mol. The Hall–Kier alpha value is -1.49. The van der Waals surface area contributed by atoms with E-state index in [1.54, 1.807) is 0 Å². The van der Waals surface area contributed by atoms with E-state index in [0.717, 1.165) is 23.1 Å². The molecule has 2 aliphatic carbocycles. The maximum atomic E-state index is 9.05. The molecule has 2 saturated carbocycles. The third-order valence-corrected chi connectivity index (χ3v) is 3.63. The summed E-state index contributed by atoms with van der Waals surface area (Å²) in [7, 11) is 0. The fraction of sp³-hybridized carbons (Fsp3) is 0.500. The first-order valence-electron chi connectivity index (χ1n) is 6.14. The third kappa shape index (κ3) is 1.90. The highest BCUT2D eigenvalue weighted by molar-refractivity contribution is 5.58. The van der Waals surface area contributed by atoms with E-state index in [4.69, 9.17) is 5.26 Å². The van der Waals surface area contributed by atoms with Crippen LogP contribution in [-0.2, 0) is 0 Å². The van der Waals surface area contributed by atoms with Crippen LogP contribution < -0.4 is 5.32 Å². The molecule has 1 N–H and O–H groups in total. The molecule has 16 heavy (non-hydrogen) atoms. The number of hydrogen-bond acceptors (Lipinski definition) is 2. The molecule has 0 heterocycles. The molecule has 0 atom stereocenters. The molecule has 2 aliphatic rings. The number of nitrogens with zero attached hydrogens (tertiary/aromatic N) is 1. The summed E-state index contributed by atoms with van der Waals surface area (Å²) in [6, 6.07) is 10.7. The second-order valence-corrected chi connectivity index (χ2v) is 5.00. The molecule has 0 saturated heterocycles. The molecular formula is C14H16N2. The Morgan fingerprint density at radius 2 is 1.75 bits per heavy atom. The fourth-order valence-electron chi connectivity index (χ4n) is 2.42. The van der Waals surface area contributed by atoms with Crippen LogP contribution in [0.15, 0.2) is 24.3 Å². The van der Waals surface area contributed by atoms with Crippen molar-refractivity contribution in [2.75, 3.05) is 5.32 Å². The van der Waals surface area contributed by atoms with E-state index in [-0.39, 0.29) is 0 Å². The SMILES string of the molecule is N#Cc1ccccc1NC(C1CC1)C1CC1. The number of hydrogen-bond donors (Lipinski definition) is 1. The number of anilines is 1. The molecule has 2 nitrogen and oxygen atoms in total. The Kier molecular flexibility index (Phi) is 2.32. The quantitative estimate of drug-likeness (QED) is 0.832. The summed E-state index contributed by atoms with van der Waals surface area (Å²) in [4.78, 5) is 0. The number of benzene rings is 1. The highest BCUT2D eigenvalue weighted by atomic mass is 15.0. The van der Waals surface area contributed by atoms with Gasteiger partial charge in [0.05, 0.1) is 11.3 Å². The summed E-state index contributed by atoms with van der Waals surface area (Å²) in [6.07, 6.45) is 5.46. The summed E-state index contributed by atoms with van der Waals surface area (Å²) in [6.45, 7) is 0. The van der Waals surface area contributed by atoms with Gasteiger partial charge in [0, 0.05) is 6.04 Å². The molecule has 1 aromatic rings. The van der Waals surface area contributed by atoms with Gasteiger partial charge in [-0.3, -0.25) is 0 Å². The van der Waals surface area contributed by atoms with Gasteiger partial charge in [-0.2, -0.15) is 5.26 Å². The first-order chi connectivity index (χ1) is 7.88. The lowest BCUT2D eigenvalue weighted by Crippen LogP contribution is -2.24. The van der Waals surface area contributed by atoms with Gasteiger partial charge in [0.15, 0.2) is 0 Å². The number of para-hydroxylation sites is 1. The van der Waals surface area contributed by atoms with Crippen molar-refractivity contribution in [1.82, 2.24) is 0 Å². The Morgan fingerprint density at radius 1 is 1.12 bits per heavy atom. The van der Waals surface area contributed by atoms with Crippen LogP contribution in [0, 0.1) is 23.2 Å². The molecule has 0 spiro atoms. The van der Waals surface area contributed by atoms with Gasteiger partial charge in [-0.1, -0.05) is 12.1 Å². The van der Waals surface area contributed by atoms with Gasteiger partial charge in [-0.15, -0.1) is 0 Å².